The van der Waals surface area contributed by atoms with Crippen molar-refractivity contribution >= 4 is 35.0 Å². The van der Waals surface area contributed by atoms with E-state index >= 15 is 0 Å². The second-order valence-corrected chi connectivity index (χ2v) is 10.7. The molecule has 4 aromatic rings. The lowest BCUT2D eigenvalue weighted by molar-refractivity contribution is -0.136. The number of aromatic nitrogens is 1. The molecule has 1 aromatic heterocycles. The van der Waals surface area contributed by atoms with Crippen LogP contribution in [0.4, 0.5) is 0 Å². The zero-order valence-electron chi connectivity index (χ0n) is 23.3. The highest BCUT2D eigenvalue weighted by atomic mass is 35.5. The van der Waals surface area contributed by atoms with Gasteiger partial charge in [-0.25, -0.2) is 9.79 Å². The molecule has 8 nitrogen and oxygen atoms in total. The number of esters is 1. The Morgan fingerprint density at radius 2 is 1.79 bits per heavy atom. The summed E-state index contributed by atoms with van der Waals surface area (Å²) >= 11 is 7.33. The van der Waals surface area contributed by atoms with Crippen LogP contribution in [0.25, 0.3) is 6.08 Å². The van der Waals surface area contributed by atoms with Crippen molar-refractivity contribution in [2.45, 2.75) is 26.5 Å². The first-order valence-corrected chi connectivity index (χ1v) is 14.6. The molecule has 216 valence electrons. The third-order valence-corrected chi connectivity index (χ3v) is 7.69. The van der Waals surface area contributed by atoms with Gasteiger partial charge in [-0.15, -0.1) is 0 Å². The predicted molar refractivity (Wildman–Crippen MR) is 162 cm³/mol. The van der Waals surface area contributed by atoms with Crippen molar-refractivity contribution in [3.05, 3.63) is 120 Å². The Hall–Kier alpha value is -4.34. The van der Waals surface area contributed by atoms with E-state index in [1.165, 1.54) is 29.2 Å². The van der Waals surface area contributed by atoms with Crippen molar-refractivity contribution in [1.82, 2.24) is 4.57 Å². The van der Waals surface area contributed by atoms with Crippen LogP contribution < -0.4 is 29.1 Å². The average molecular weight is 605 g/mol. The largest absolute Gasteiger partial charge is 0.490 e. The molecule has 3 aromatic carbocycles. The van der Waals surface area contributed by atoms with Gasteiger partial charge in [-0.3, -0.25) is 9.36 Å². The van der Waals surface area contributed by atoms with Gasteiger partial charge < -0.3 is 18.9 Å². The van der Waals surface area contributed by atoms with Crippen LogP contribution in [0.1, 0.15) is 36.6 Å². The quantitative estimate of drug-likeness (QED) is 0.236. The van der Waals surface area contributed by atoms with E-state index in [0.717, 1.165) is 11.1 Å². The average Bonchev–Trinajstić information content (AvgIpc) is 3.31. The zero-order valence-corrected chi connectivity index (χ0v) is 24.9. The van der Waals surface area contributed by atoms with Gasteiger partial charge in [0, 0.05) is 11.2 Å². The summed E-state index contributed by atoms with van der Waals surface area (Å²) in [6.45, 7) is 5.01. The predicted octanol–water partition coefficient (Wildman–Crippen LogP) is 5.05. The van der Waals surface area contributed by atoms with E-state index in [-0.39, 0.29) is 11.1 Å². The summed E-state index contributed by atoms with van der Waals surface area (Å²) < 4.78 is 24.5. The van der Waals surface area contributed by atoms with Crippen LogP contribution in [-0.2, 0) is 16.1 Å². The van der Waals surface area contributed by atoms with Crippen molar-refractivity contribution in [2.24, 2.45) is 4.99 Å². The first kappa shape index (κ1) is 29.2. The molecule has 1 aliphatic heterocycles. The Bertz CT molecular complexity index is 1830. The number of thiazole rings is 1. The maximum Gasteiger partial charge on any atom is 0.337 e. The molecule has 0 saturated carbocycles. The minimum Gasteiger partial charge on any atom is -0.490 e. The van der Waals surface area contributed by atoms with Crippen LogP contribution in [-0.4, -0.2) is 30.9 Å². The highest BCUT2D eigenvalue weighted by molar-refractivity contribution is 7.07. The van der Waals surface area contributed by atoms with Gasteiger partial charge in [0.2, 0.25) is 0 Å². The molecule has 0 fully saturated rings. The molecule has 1 atom stereocenters. The van der Waals surface area contributed by atoms with E-state index in [1.54, 1.807) is 18.2 Å². The van der Waals surface area contributed by atoms with Gasteiger partial charge in [0.1, 0.15) is 12.4 Å². The molecule has 5 rings (SSSR count). The fraction of sp³-hybridized carbons (Fsp3) is 0.219. The highest BCUT2D eigenvalue weighted by Crippen LogP contribution is 2.35. The van der Waals surface area contributed by atoms with E-state index in [9.17, 15) is 9.59 Å². The molecule has 2 heterocycles. The van der Waals surface area contributed by atoms with E-state index in [4.69, 9.17) is 30.5 Å². The van der Waals surface area contributed by atoms with Gasteiger partial charge in [-0.05, 0) is 73.0 Å². The number of fused-ring (bicyclic) bond motifs is 1. The molecule has 10 heteroatoms. The van der Waals surface area contributed by atoms with Crippen molar-refractivity contribution in [3.8, 4) is 17.2 Å². The summed E-state index contributed by atoms with van der Waals surface area (Å²) in [7, 11) is 1.30. The molecular formula is C32H29ClN2O6S. The SMILES string of the molecule is CCOc1ccc([C@H]2C(C(=O)OC)=CN=c3s/c(=C/c4cccc(OCc5cccc(Cl)c5)c4)c(=O)n32)cc1OCC. The van der Waals surface area contributed by atoms with Crippen LogP contribution >= 0.6 is 22.9 Å². The fourth-order valence-corrected chi connectivity index (χ4v) is 5.81. The van der Waals surface area contributed by atoms with Gasteiger partial charge in [0.05, 0.1) is 36.5 Å². The van der Waals surface area contributed by atoms with Gasteiger partial charge in [-0.2, -0.15) is 0 Å². The Morgan fingerprint density at radius 1 is 1.00 bits per heavy atom. The number of nitrogens with zero attached hydrogens (tertiary/aromatic N) is 2. The second kappa shape index (κ2) is 13.1. The Morgan fingerprint density at radius 3 is 2.55 bits per heavy atom. The number of hydrogen-bond donors (Lipinski definition) is 0. The third kappa shape index (κ3) is 6.27. The molecule has 0 amide bonds. The Kier molecular flexibility index (Phi) is 9.09. The van der Waals surface area contributed by atoms with E-state index in [0.29, 0.717) is 57.0 Å². The van der Waals surface area contributed by atoms with Gasteiger partial charge in [0.15, 0.2) is 16.3 Å². The first-order valence-electron chi connectivity index (χ1n) is 13.4. The number of hydrogen-bond acceptors (Lipinski definition) is 8. The Balaban J connectivity index is 1.53. The number of ether oxygens (including phenoxy) is 4. The van der Waals surface area contributed by atoms with Gasteiger partial charge in [-0.1, -0.05) is 53.3 Å². The van der Waals surface area contributed by atoms with Crippen LogP contribution in [0.3, 0.4) is 0 Å². The number of carbonyl (C=O) groups is 1. The fourth-order valence-electron chi connectivity index (χ4n) is 4.63. The summed E-state index contributed by atoms with van der Waals surface area (Å²) in [5, 5.41) is 0.647. The third-order valence-electron chi connectivity index (χ3n) is 6.46. The maximum atomic E-state index is 13.9. The molecule has 0 unspecified atom stereocenters. The molecule has 1 aliphatic rings. The second-order valence-electron chi connectivity index (χ2n) is 9.24. The van der Waals surface area contributed by atoms with Crippen molar-refractivity contribution in [2.75, 3.05) is 20.3 Å². The minimum atomic E-state index is -0.766. The van der Waals surface area contributed by atoms with Crippen LogP contribution in [0.15, 0.2) is 88.3 Å². The molecule has 0 bridgehead atoms. The lowest BCUT2D eigenvalue weighted by Crippen LogP contribution is -2.39. The van der Waals surface area contributed by atoms with Crippen molar-refractivity contribution in [1.29, 1.82) is 0 Å². The number of rotatable bonds is 10. The van der Waals surface area contributed by atoms with E-state index in [2.05, 4.69) is 4.99 Å². The molecular weight excluding hydrogens is 576 g/mol. The molecule has 0 aliphatic carbocycles. The topological polar surface area (TPSA) is 88.4 Å². The summed E-state index contributed by atoms with van der Waals surface area (Å²) in [5.74, 6) is 1.18. The molecule has 0 N–H and O–H groups in total. The Labute approximate surface area is 251 Å². The number of benzene rings is 3. The highest BCUT2D eigenvalue weighted by Gasteiger charge is 2.31. The summed E-state index contributed by atoms with van der Waals surface area (Å²) in [4.78, 5) is 31.6. The first-order chi connectivity index (χ1) is 20.4. The summed E-state index contributed by atoms with van der Waals surface area (Å²) in [6.07, 6.45) is 3.26. The minimum absolute atomic E-state index is 0.236. The van der Waals surface area contributed by atoms with Crippen molar-refractivity contribution < 1.29 is 23.7 Å². The molecule has 0 radical (unpaired) electrons. The van der Waals surface area contributed by atoms with E-state index < -0.39 is 12.0 Å². The van der Waals surface area contributed by atoms with E-state index in [1.807, 2.05) is 68.4 Å². The summed E-state index contributed by atoms with van der Waals surface area (Å²) in [6, 6.07) is 19.6. The van der Waals surface area contributed by atoms with Crippen LogP contribution in [0, 0.1) is 0 Å². The van der Waals surface area contributed by atoms with Crippen LogP contribution in [0.2, 0.25) is 5.02 Å². The van der Waals surface area contributed by atoms with Gasteiger partial charge in [0.25, 0.3) is 5.56 Å². The smallest absolute Gasteiger partial charge is 0.337 e. The van der Waals surface area contributed by atoms with Crippen molar-refractivity contribution in [3.63, 3.8) is 0 Å². The van der Waals surface area contributed by atoms with Gasteiger partial charge >= 0.3 is 5.97 Å². The molecule has 0 spiro atoms. The van der Waals surface area contributed by atoms with Crippen LogP contribution in [0.5, 0.6) is 17.2 Å². The molecule has 0 saturated heterocycles. The number of methoxy groups -OCH3 is 1. The normalized spacial score (nSPS) is 14.4. The summed E-state index contributed by atoms with van der Waals surface area (Å²) in [5.41, 5.74) is 2.35. The number of carbonyl (C=O) groups excluding carboxylic acids is 1. The molecule has 42 heavy (non-hydrogen) atoms. The number of halogens is 1. The standard InChI is InChI=1S/C32H29ClN2O6S/c1-4-39-26-13-12-22(17-27(26)40-5-2)29-25(31(37)38-3)18-34-32-35(29)30(36)28(42-32)16-20-8-7-11-24(15-20)41-19-21-9-6-10-23(33)14-21/h6-18,29H,4-5,19H2,1-3H3/b28-16+/t29-/m0/s1. The maximum absolute atomic E-state index is 13.9. The monoisotopic (exact) mass is 604 g/mol. The lowest BCUT2D eigenvalue weighted by Gasteiger charge is -2.23. The lowest BCUT2D eigenvalue weighted by atomic mass is 9.97. The zero-order chi connectivity index (χ0) is 29.6.